The van der Waals surface area contributed by atoms with Crippen molar-refractivity contribution in [1.29, 1.82) is 0 Å². The molecule has 1 saturated heterocycles. The topological polar surface area (TPSA) is 77.4 Å². The van der Waals surface area contributed by atoms with Crippen LogP contribution < -0.4 is 9.47 Å². The molecule has 0 N–H and O–H groups in total. The Morgan fingerprint density at radius 2 is 1.97 bits per heavy atom. The van der Waals surface area contributed by atoms with Gasteiger partial charge in [-0.15, -0.1) is 0 Å². The van der Waals surface area contributed by atoms with E-state index in [1.165, 1.54) is 11.8 Å². The average molecular weight is 554 g/mol. The molecule has 0 atom stereocenters. The fourth-order valence-corrected chi connectivity index (χ4v) is 4.97. The van der Waals surface area contributed by atoms with Crippen molar-refractivity contribution in [2.45, 2.75) is 13.8 Å². The minimum Gasteiger partial charge on any atom is -0.497 e. The highest BCUT2D eigenvalue weighted by Gasteiger charge is 2.32. The molecule has 7 nitrogen and oxygen atoms in total. The molecule has 0 saturated carbocycles. The van der Waals surface area contributed by atoms with E-state index < -0.39 is 5.97 Å². The Morgan fingerprint density at radius 3 is 2.58 bits per heavy atom. The van der Waals surface area contributed by atoms with Crippen molar-refractivity contribution in [2.24, 2.45) is 4.99 Å². The predicted octanol–water partition coefficient (Wildman–Crippen LogP) is 5.68. The van der Waals surface area contributed by atoms with Gasteiger partial charge in [-0.1, -0.05) is 11.6 Å². The summed E-state index contributed by atoms with van der Waals surface area (Å²) < 4.78 is 16.1. The van der Waals surface area contributed by atoms with Gasteiger partial charge in [-0.05, 0) is 89.6 Å². The van der Waals surface area contributed by atoms with Crippen molar-refractivity contribution in [3.63, 3.8) is 0 Å². The predicted molar refractivity (Wildman–Crippen MR) is 134 cm³/mol. The van der Waals surface area contributed by atoms with Gasteiger partial charge in [0.25, 0.3) is 5.91 Å². The maximum atomic E-state index is 12.9. The van der Waals surface area contributed by atoms with Crippen LogP contribution in [-0.2, 0) is 14.3 Å². The number of likely N-dealkylation sites (N-methyl/N-ethyl adjacent to an activating group) is 1. The Kier molecular flexibility index (Phi) is 8.82. The third kappa shape index (κ3) is 6.31. The van der Waals surface area contributed by atoms with E-state index in [0.717, 1.165) is 11.4 Å². The Morgan fingerprint density at radius 1 is 1.24 bits per heavy atom. The zero-order chi connectivity index (χ0) is 24.0. The number of hydrogen-bond donors (Lipinski definition) is 0. The molecule has 0 unspecified atom stereocenters. The molecule has 1 aliphatic rings. The van der Waals surface area contributed by atoms with Crippen LogP contribution >= 0.6 is 39.3 Å². The van der Waals surface area contributed by atoms with Gasteiger partial charge in [0.1, 0.15) is 5.75 Å². The number of thioether (sulfide) groups is 1. The number of amides is 1. The molecule has 0 radical (unpaired) electrons. The van der Waals surface area contributed by atoms with Crippen molar-refractivity contribution < 1.29 is 23.8 Å². The fraction of sp³-hybridized carbons (Fsp3) is 0.261. The molecule has 10 heteroatoms. The smallest absolute Gasteiger partial charge is 0.344 e. The number of aliphatic imine (C=N–C) groups is 1. The highest BCUT2D eigenvalue weighted by molar-refractivity contribution is 9.10. The first-order chi connectivity index (χ1) is 15.9. The van der Waals surface area contributed by atoms with Crippen LogP contribution in [0.1, 0.15) is 19.4 Å². The Balaban J connectivity index is 1.82. The summed E-state index contributed by atoms with van der Waals surface area (Å²) in [6, 6.07) is 10.7. The molecule has 1 amide bonds. The number of carbonyl (C=O) groups is 2. The second-order valence-electron chi connectivity index (χ2n) is 6.66. The summed E-state index contributed by atoms with van der Waals surface area (Å²) in [7, 11) is 1.60. The molecule has 2 aromatic carbocycles. The van der Waals surface area contributed by atoms with E-state index in [0.29, 0.717) is 37.4 Å². The van der Waals surface area contributed by atoms with Gasteiger partial charge < -0.3 is 14.2 Å². The van der Waals surface area contributed by atoms with Crippen molar-refractivity contribution in [3.8, 4) is 11.5 Å². The number of rotatable bonds is 8. The third-order valence-electron chi connectivity index (χ3n) is 4.46. The molecule has 2 aromatic rings. The first kappa shape index (κ1) is 25.1. The molecule has 174 valence electrons. The highest BCUT2D eigenvalue weighted by atomic mass is 79.9. The maximum absolute atomic E-state index is 12.9. The number of hydrogen-bond acceptors (Lipinski definition) is 7. The van der Waals surface area contributed by atoms with Gasteiger partial charge in [0.15, 0.2) is 17.5 Å². The summed E-state index contributed by atoms with van der Waals surface area (Å²) in [5, 5.41) is 0.897. The summed E-state index contributed by atoms with van der Waals surface area (Å²) in [4.78, 5) is 31.2. The minimum absolute atomic E-state index is 0.135. The van der Waals surface area contributed by atoms with E-state index >= 15 is 0 Å². The molecule has 3 rings (SSSR count). The van der Waals surface area contributed by atoms with Gasteiger partial charge in [0, 0.05) is 6.54 Å². The van der Waals surface area contributed by atoms with Crippen LogP contribution in [0, 0.1) is 0 Å². The molecule has 1 heterocycles. The minimum atomic E-state index is -0.483. The van der Waals surface area contributed by atoms with Crippen LogP contribution in [0.2, 0.25) is 5.02 Å². The molecule has 1 fully saturated rings. The van der Waals surface area contributed by atoms with E-state index in [-0.39, 0.29) is 19.1 Å². The number of amidine groups is 1. The average Bonchev–Trinajstić information content (AvgIpc) is 3.07. The Bertz CT molecular complexity index is 1080. The number of halogens is 2. The van der Waals surface area contributed by atoms with Gasteiger partial charge in [0.05, 0.1) is 33.8 Å². The fourth-order valence-electron chi connectivity index (χ4n) is 2.92. The van der Waals surface area contributed by atoms with E-state index in [2.05, 4.69) is 20.9 Å². The number of esters is 1. The Hall–Kier alpha value is -2.49. The van der Waals surface area contributed by atoms with E-state index in [4.69, 9.17) is 25.8 Å². The second kappa shape index (κ2) is 11.6. The monoisotopic (exact) mass is 552 g/mol. The number of carbonyl (C=O) groups excluding carboxylic acids is 2. The van der Waals surface area contributed by atoms with Crippen LogP contribution in [0.25, 0.3) is 6.08 Å². The van der Waals surface area contributed by atoms with E-state index in [1.807, 2.05) is 31.2 Å². The number of benzene rings is 2. The number of nitrogens with zero attached hydrogens (tertiary/aromatic N) is 2. The first-order valence-corrected chi connectivity index (χ1v) is 12.1. The van der Waals surface area contributed by atoms with Gasteiger partial charge >= 0.3 is 5.97 Å². The van der Waals surface area contributed by atoms with Crippen molar-refractivity contribution in [2.75, 3.05) is 26.9 Å². The lowest BCUT2D eigenvalue weighted by Gasteiger charge is -2.12. The zero-order valence-corrected chi connectivity index (χ0v) is 21.4. The number of methoxy groups -OCH3 is 1. The standard InChI is InChI=1S/C23H22BrClN2O5S/c1-4-27-22(29)19(33-23(27)26-15-6-8-16(30-3)9-7-15)12-14-10-17(24)21(18(25)11-14)32-13-20(28)31-5-2/h6-12H,4-5,13H2,1-3H3/b19-12+,26-23?. The molecule has 0 aliphatic carbocycles. The summed E-state index contributed by atoms with van der Waals surface area (Å²) in [5.41, 5.74) is 1.42. The third-order valence-corrected chi connectivity index (χ3v) is 6.34. The van der Waals surface area contributed by atoms with Crippen LogP contribution in [0.15, 0.2) is 50.8 Å². The van der Waals surface area contributed by atoms with Crippen molar-refractivity contribution >= 4 is 68.1 Å². The van der Waals surface area contributed by atoms with Gasteiger partial charge in [0.2, 0.25) is 0 Å². The van der Waals surface area contributed by atoms with Crippen molar-refractivity contribution in [3.05, 3.63) is 56.4 Å². The molecule has 0 bridgehead atoms. The van der Waals surface area contributed by atoms with E-state index in [9.17, 15) is 9.59 Å². The lowest BCUT2D eigenvalue weighted by molar-refractivity contribution is -0.145. The summed E-state index contributed by atoms with van der Waals surface area (Å²) in [6.45, 7) is 4.13. The second-order valence-corrected chi connectivity index (χ2v) is 8.93. The zero-order valence-electron chi connectivity index (χ0n) is 18.3. The lowest BCUT2D eigenvalue weighted by atomic mass is 10.2. The molecule has 1 aliphatic heterocycles. The summed E-state index contributed by atoms with van der Waals surface area (Å²) in [5.74, 6) is 0.445. The normalized spacial score (nSPS) is 15.9. The van der Waals surface area contributed by atoms with Gasteiger partial charge in [-0.3, -0.25) is 9.69 Å². The van der Waals surface area contributed by atoms with Crippen LogP contribution in [0.5, 0.6) is 11.5 Å². The quantitative estimate of drug-likeness (QED) is 0.309. The van der Waals surface area contributed by atoms with Crippen LogP contribution in [-0.4, -0.2) is 48.8 Å². The summed E-state index contributed by atoms with van der Waals surface area (Å²) >= 11 is 11.1. The molecule has 0 spiro atoms. The van der Waals surface area contributed by atoms with E-state index in [1.54, 1.807) is 37.1 Å². The number of ether oxygens (including phenoxy) is 3. The van der Waals surface area contributed by atoms with Gasteiger partial charge in [-0.25, -0.2) is 9.79 Å². The molecule has 0 aromatic heterocycles. The SMILES string of the molecule is CCOC(=O)COc1c(Cl)cc(/C=C2/SC(=Nc3ccc(OC)cc3)N(CC)C2=O)cc1Br. The van der Waals surface area contributed by atoms with Crippen LogP contribution in [0.3, 0.4) is 0 Å². The molecule has 33 heavy (non-hydrogen) atoms. The maximum Gasteiger partial charge on any atom is 0.344 e. The molecular weight excluding hydrogens is 532 g/mol. The first-order valence-electron chi connectivity index (χ1n) is 10.1. The van der Waals surface area contributed by atoms with Crippen LogP contribution in [0.4, 0.5) is 5.69 Å². The lowest BCUT2D eigenvalue weighted by Crippen LogP contribution is -2.28. The summed E-state index contributed by atoms with van der Waals surface area (Å²) in [6.07, 6.45) is 1.75. The Labute approximate surface area is 209 Å². The van der Waals surface area contributed by atoms with Gasteiger partial charge in [-0.2, -0.15) is 0 Å². The van der Waals surface area contributed by atoms with Crippen molar-refractivity contribution in [1.82, 2.24) is 4.90 Å². The highest BCUT2D eigenvalue weighted by Crippen LogP contribution is 2.38. The molecular formula is C23H22BrClN2O5S. The largest absolute Gasteiger partial charge is 0.497 e.